The summed E-state index contributed by atoms with van der Waals surface area (Å²) in [7, 11) is 0. The third-order valence-electron chi connectivity index (χ3n) is 4.96. The summed E-state index contributed by atoms with van der Waals surface area (Å²) in [6.45, 7) is 2.81. The standard InChI is InChI=1S/C21H20BrN3O2/c1-13-19(21(27)23-9-11-25-10-3-2-4-18(25)26)16-12-15(22)7-8-17(16)24-20(13)14-5-6-14/h2-4,7-8,10,12,14H,5-6,9,11H2,1H3,(H,23,27). The van der Waals surface area contributed by atoms with Crippen molar-refractivity contribution in [1.82, 2.24) is 14.9 Å². The zero-order valence-corrected chi connectivity index (χ0v) is 16.6. The van der Waals surface area contributed by atoms with Gasteiger partial charge in [-0.05, 0) is 49.6 Å². The molecule has 4 rings (SSSR count). The van der Waals surface area contributed by atoms with Crippen molar-refractivity contribution in [1.29, 1.82) is 0 Å². The number of carbonyl (C=O) groups excluding carboxylic acids is 1. The Hall–Kier alpha value is -2.47. The second-order valence-electron chi connectivity index (χ2n) is 6.92. The van der Waals surface area contributed by atoms with Crippen molar-refractivity contribution in [3.05, 3.63) is 74.2 Å². The van der Waals surface area contributed by atoms with Crippen LogP contribution in [0.1, 0.15) is 40.4 Å². The van der Waals surface area contributed by atoms with Crippen LogP contribution in [0.3, 0.4) is 0 Å². The van der Waals surface area contributed by atoms with Gasteiger partial charge in [0.15, 0.2) is 0 Å². The minimum atomic E-state index is -0.121. The third-order valence-corrected chi connectivity index (χ3v) is 5.45. The summed E-state index contributed by atoms with van der Waals surface area (Å²) in [6.07, 6.45) is 3.99. The number of rotatable bonds is 5. The quantitative estimate of drug-likeness (QED) is 0.676. The Balaban J connectivity index is 1.64. The molecular formula is C21H20BrN3O2. The molecular weight excluding hydrogens is 406 g/mol. The molecule has 1 saturated carbocycles. The Kier molecular flexibility index (Phi) is 4.83. The maximum absolute atomic E-state index is 13.0. The molecule has 0 saturated heterocycles. The molecule has 5 nitrogen and oxygen atoms in total. The number of benzene rings is 1. The topological polar surface area (TPSA) is 64.0 Å². The second kappa shape index (κ2) is 7.27. The van der Waals surface area contributed by atoms with E-state index in [-0.39, 0.29) is 11.5 Å². The summed E-state index contributed by atoms with van der Waals surface area (Å²) >= 11 is 3.49. The fraction of sp³-hybridized carbons (Fsp3) is 0.286. The van der Waals surface area contributed by atoms with E-state index >= 15 is 0 Å². The molecule has 1 fully saturated rings. The molecule has 2 heterocycles. The van der Waals surface area contributed by atoms with Crippen molar-refractivity contribution in [3.63, 3.8) is 0 Å². The van der Waals surface area contributed by atoms with Gasteiger partial charge in [0.25, 0.3) is 11.5 Å². The average Bonchev–Trinajstić information content (AvgIpc) is 3.48. The number of amides is 1. The minimum absolute atomic E-state index is 0.0720. The lowest BCUT2D eigenvalue weighted by molar-refractivity contribution is 0.0953. The lowest BCUT2D eigenvalue weighted by Crippen LogP contribution is -2.31. The highest BCUT2D eigenvalue weighted by Gasteiger charge is 2.29. The van der Waals surface area contributed by atoms with E-state index in [0.717, 1.165) is 39.5 Å². The van der Waals surface area contributed by atoms with Crippen molar-refractivity contribution in [2.45, 2.75) is 32.2 Å². The average molecular weight is 426 g/mol. The maximum Gasteiger partial charge on any atom is 0.252 e. The Labute approximate surface area is 165 Å². The number of halogens is 1. The van der Waals surface area contributed by atoms with Crippen LogP contribution in [0, 0.1) is 6.92 Å². The SMILES string of the molecule is Cc1c(C2CC2)nc2ccc(Br)cc2c1C(=O)NCCn1ccccc1=O. The number of aromatic nitrogens is 2. The highest BCUT2D eigenvalue weighted by molar-refractivity contribution is 9.10. The number of hydrogen-bond acceptors (Lipinski definition) is 3. The van der Waals surface area contributed by atoms with Crippen molar-refractivity contribution >= 4 is 32.7 Å². The van der Waals surface area contributed by atoms with Gasteiger partial charge in [-0.3, -0.25) is 14.6 Å². The molecule has 0 aliphatic heterocycles. The third kappa shape index (κ3) is 3.67. The smallest absolute Gasteiger partial charge is 0.252 e. The van der Waals surface area contributed by atoms with Gasteiger partial charge in [-0.25, -0.2) is 0 Å². The van der Waals surface area contributed by atoms with Crippen LogP contribution < -0.4 is 10.9 Å². The molecule has 0 bridgehead atoms. The highest BCUT2D eigenvalue weighted by Crippen LogP contribution is 2.42. The van der Waals surface area contributed by atoms with Crippen LogP contribution in [0.4, 0.5) is 0 Å². The van der Waals surface area contributed by atoms with Crippen LogP contribution in [-0.4, -0.2) is 22.0 Å². The van der Waals surface area contributed by atoms with E-state index in [1.54, 1.807) is 16.8 Å². The lowest BCUT2D eigenvalue weighted by Gasteiger charge is -2.15. The zero-order chi connectivity index (χ0) is 19.0. The summed E-state index contributed by atoms with van der Waals surface area (Å²) in [5.74, 6) is 0.344. The molecule has 0 atom stereocenters. The molecule has 1 N–H and O–H groups in total. The molecule has 1 aromatic carbocycles. The van der Waals surface area contributed by atoms with E-state index in [9.17, 15) is 9.59 Å². The van der Waals surface area contributed by atoms with Gasteiger partial charge >= 0.3 is 0 Å². The summed E-state index contributed by atoms with van der Waals surface area (Å²) in [6, 6.07) is 10.9. The Bertz CT molecular complexity index is 1090. The summed E-state index contributed by atoms with van der Waals surface area (Å²) in [5, 5.41) is 3.82. The van der Waals surface area contributed by atoms with Crippen molar-refractivity contribution < 1.29 is 4.79 Å². The van der Waals surface area contributed by atoms with E-state index in [0.29, 0.717) is 24.6 Å². The summed E-state index contributed by atoms with van der Waals surface area (Å²) in [4.78, 5) is 29.6. The van der Waals surface area contributed by atoms with Crippen LogP contribution in [-0.2, 0) is 6.54 Å². The number of fused-ring (bicyclic) bond motifs is 1. The van der Waals surface area contributed by atoms with Gasteiger partial charge in [0.05, 0.1) is 11.1 Å². The van der Waals surface area contributed by atoms with Crippen LogP contribution in [0.15, 0.2) is 51.9 Å². The van der Waals surface area contributed by atoms with E-state index in [2.05, 4.69) is 21.2 Å². The molecule has 1 aliphatic rings. The molecule has 0 unspecified atom stereocenters. The molecule has 27 heavy (non-hydrogen) atoms. The monoisotopic (exact) mass is 425 g/mol. The Morgan fingerprint density at radius 3 is 2.85 bits per heavy atom. The number of pyridine rings is 2. The summed E-state index contributed by atoms with van der Waals surface area (Å²) in [5.41, 5.74) is 3.45. The number of nitrogens with zero attached hydrogens (tertiary/aromatic N) is 2. The lowest BCUT2D eigenvalue weighted by atomic mass is 9.98. The molecule has 2 aromatic heterocycles. The number of nitrogens with one attached hydrogen (secondary N) is 1. The fourth-order valence-corrected chi connectivity index (χ4v) is 3.78. The van der Waals surface area contributed by atoms with Gasteiger partial charge in [0.1, 0.15) is 0 Å². The zero-order valence-electron chi connectivity index (χ0n) is 15.0. The molecule has 0 spiro atoms. The van der Waals surface area contributed by atoms with E-state index in [1.165, 1.54) is 6.07 Å². The number of carbonyl (C=O) groups is 1. The van der Waals surface area contributed by atoms with Crippen LogP contribution in [0.5, 0.6) is 0 Å². The fourth-order valence-electron chi connectivity index (χ4n) is 3.42. The second-order valence-corrected chi connectivity index (χ2v) is 7.84. The van der Waals surface area contributed by atoms with E-state index in [1.807, 2.05) is 31.2 Å². The van der Waals surface area contributed by atoms with Gasteiger partial charge in [-0.15, -0.1) is 0 Å². The molecule has 0 radical (unpaired) electrons. The van der Waals surface area contributed by atoms with Crippen molar-refractivity contribution in [3.8, 4) is 0 Å². The van der Waals surface area contributed by atoms with Crippen molar-refractivity contribution in [2.24, 2.45) is 0 Å². The van der Waals surface area contributed by atoms with Gasteiger partial charge in [0.2, 0.25) is 0 Å². The van der Waals surface area contributed by atoms with Gasteiger partial charge in [-0.1, -0.05) is 22.0 Å². The van der Waals surface area contributed by atoms with Gasteiger partial charge < -0.3 is 9.88 Å². The number of hydrogen-bond donors (Lipinski definition) is 1. The van der Waals surface area contributed by atoms with E-state index < -0.39 is 0 Å². The molecule has 1 amide bonds. The predicted molar refractivity (Wildman–Crippen MR) is 109 cm³/mol. The van der Waals surface area contributed by atoms with Crippen LogP contribution in [0.2, 0.25) is 0 Å². The first-order valence-corrected chi connectivity index (χ1v) is 9.87. The van der Waals surface area contributed by atoms with Crippen LogP contribution >= 0.6 is 15.9 Å². The van der Waals surface area contributed by atoms with Gasteiger partial charge in [-0.2, -0.15) is 0 Å². The first kappa shape index (κ1) is 17.9. The molecule has 1 aliphatic carbocycles. The highest BCUT2D eigenvalue weighted by atomic mass is 79.9. The minimum Gasteiger partial charge on any atom is -0.350 e. The normalized spacial score (nSPS) is 13.7. The van der Waals surface area contributed by atoms with Crippen LogP contribution in [0.25, 0.3) is 10.9 Å². The first-order valence-electron chi connectivity index (χ1n) is 9.08. The summed E-state index contributed by atoms with van der Waals surface area (Å²) < 4.78 is 2.50. The van der Waals surface area contributed by atoms with Crippen molar-refractivity contribution in [2.75, 3.05) is 6.54 Å². The van der Waals surface area contributed by atoms with E-state index in [4.69, 9.17) is 4.98 Å². The predicted octanol–water partition coefficient (Wildman–Crippen LogP) is 3.77. The maximum atomic E-state index is 13.0. The van der Waals surface area contributed by atoms with Gasteiger partial charge in [0, 0.05) is 46.8 Å². The largest absolute Gasteiger partial charge is 0.350 e. The Morgan fingerprint density at radius 1 is 1.30 bits per heavy atom. The molecule has 138 valence electrons. The molecule has 6 heteroatoms. The first-order chi connectivity index (χ1) is 13.0. The molecule has 3 aromatic rings. The Morgan fingerprint density at radius 2 is 2.11 bits per heavy atom.